The summed E-state index contributed by atoms with van der Waals surface area (Å²) in [7, 11) is 1.63. The molecule has 3 rings (SSSR count). The zero-order valence-electron chi connectivity index (χ0n) is 18.8. The van der Waals surface area contributed by atoms with Crippen molar-refractivity contribution in [1.29, 1.82) is 0 Å². The average molecular weight is 429 g/mol. The van der Waals surface area contributed by atoms with E-state index in [4.69, 9.17) is 4.74 Å². The molecule has 168 valence electrons. The summed E-state index contributed by atoms with van der Waals surface area (Å²) in [6.45, 7) is 8.57. The highest BCUT2D eigenvalue weighted by Gasteiger charge is 2.29. The van der Waals surface area contributed by atoms with Gasteiger partial charge in [-0.1, -0.05) is 32.9 Å². The van der Waals surface area contributed by atoms with Gasteiger partial charge < -0.3 is 15.4 Å². The van der Waals surface area contributed by atoms with Crippen molar-refractivity contribution >= 4 is 17.8 Å². The lowest BCUT2D eigenvalue weighted by molar-refractivity contribution is -0.125. The van der Waals surface area contributed by atoms with E-state index in [9.17, 15) is 9.59 Å². The van der Waals surface area contributed by atoms with E-state index in [-0.39, 0.29) is 23.4 Å². The zero-order chi connectivity index (χ0) is 22.6. The Kier molecular flexibility index (Phi) is 6.84. The summed E-state index contributed by atoms with van der Waals surface area (Å²) in [5, 5.41) is 16.6. The summed E-state index contributed by atoms with van der Waals surface area (Å²) in [5.41, 5.74) is 1.70. The second kappa shape index (κ2) is 9.38. The Morgan fingerprint density at radius 3 is 2.61 bits per heavy atom. The molecular weight excluding hydrogens is 396 g/mol. The summed E-state index contributed by atoms with van der Waals surface area (Å²) in [6, 6.07) is 9.26. The fourth-order valence-electron chi connectivity index (χ4n) is 3.32. The van der Waals surface area contributed by atoms with Crippen LogP contribution in [0.25, 0.3) is 0 Å². The van der Waals surface area contributed by atoms with Crippen molar-refractivity contribution in [2.75, 3.05) is 19.0 Å². The number of amides is 3. The first-order valence-corrected chi connectivity index (χ1v) is 10.5. The highest BCUT2D eigenvalue weighted by atomic mass is 16.5. The van der Waals surface area contributed by atoms with Crippen molar-refractivity contribution < 1.29 is 14.3 Å². The van der Waals surface area contributed by atoms with Crippen LogP contribution >= 0.6 is 0 Å². The summed E-state index contributed by atoms with van der Waals surface area (Å²) in [4.78, 5) is 24.5. The number of nitrogens with one attached hydrogen (secondary N) is 4. The number of hydrogen-bond acceptors (Lipinski definition) is 5. The first kappa shape index (κ1) is 22.6. The summed E-state index contributed by atoms with van der Waals surface area (Å²) >= 11 is 0. The Hall–Kier alpha value is -3.07. The largest absolute Gasteiger partial charge is 0.497 e. The lowest BCUT2D eigenvalue weighted by Crippen LogP contribution is -2.52. The first-order valence-electron chi connectivity index (χ1n) is 10.5. The summed E-state index contributed by atoms with van der Waals surface area (Å²) < 4.78 is 6.78. The van der Waals surface area contributed by atoms with E-state index in [2.05, 4.69) is 26.4 Å². The number of ether oxygens (including phenoxy) is 1. The lowest BCUT2D eigenvalue weighted by atomic mass is 9.92. The highest BCUT2D eigenvalue weighted by molar-refractivity contribution is 5.88. The molecule has 31 heavy (non-hydrogen) atoms. The Morgan fingerprint density at radius 2 is 2.00 bits per heavy atom. The van der Waals surface area contributed by atoms with Gasteiger partial charge >= 0.3 is 6.03 Å². The second-order valence-corrected chi connectivity index (χ2v) is 8.83. The predicted octanol–water partition coefficient (Wildman–Crippen LogP) is 2.51. The third-order valence-electron chi connectivity index (χ3n) is 5.08. The summed E-state index contributed by atoms with van der Waals surface area (Å²) in [6.07, 6.45) is 0.571. The lowest BCUT2D eigenvalue weighted by Gasteiger charge is -2.30. The van der Waals surface area contributed by atoms with Crippen molar-refractivity contribution in [2.45, 2.75) is 58.3 Å². The maximum Gasteiger partial charge on any atom is 0.320 e. The van der Waals surface area contributed by atoms with Crippen LogP contribution in [0.5, 0.6) is 5.75 Å². The number of aromatic nitrogens is 2. The molecular formula is C22H32N6O3. The van der Waals surface area contributed by atoms with Crippen LogP contribution < -0.4 is 26.0 Å². The number of carbonyl (C=O) groups is 2. The van der Waals surface area contributed by atoms with E-state index < -0.39 is 6.29 Å². The molecule has 1 aliphatic heterocycles. The van der Waals surface area contributed by atoms with Crippen molar-refractivity contribution in [2.24, 2.45) is 0 Å². The van der Waals surface area contributed by atoms with E-state index in [1.165, 1.54) is 0 Å². The minimum atomic E-state index is -0.526. The molecule has 1 aromatic heterocycles. The van der Waals surface area contributed by atoms with Gasteiger partial charge in [-0.3, -0.25) is 15.4 Å². The van der Waals surface area contributed by atoms with Crippen LogP contribution in [0.3, 0.4) is 0 Å². The minimum absolute atomic E-state index is 0.00668. The number of methoxy groups -OCH3 is 1. The number of nitrogens with zero attached hydrogens (tertiary/aromatic N) is 2. The molecule has 2 heterocycles. The molecule has 2 unspecified atom stereocenters. The van der Waals surface area contributed by atoms with Gasteiger partial charge in [0.15, 0.2) is 6.29 Å². The normalized spacial score (nSPS) is 18.9. The van der Waals surface area contributed by atoms with Crippen molar-refractivity contribution in [3.63, 3.8) is 0 Å². The molecule has 0 saturated carbocycles. The van der Waals surface area contributed by atoms with Gasteiger partial charge in [0.05, 0.1) is 12.8 Å². The smallest absolute Gasteiger partial charge is 0.320 e. The van der Waals surface area contributed by atoms with Crippen LogP contribution in [-0.2, 0) is 16.6 Å². The van der Waals surface area contributed by atoms with Crippen molar-refractivity contribution in [3.05, 3.63) is 41.6 Å². The van der Waals surface area contributed by atoms with Crippen LogP contribution in [0.1, 0.15) is 51.7 Å². The fraction of sp³-hybridized carbons (Fsp3) is 0.500. The van der Waals surface area contributed by atoms with E-state index >= 15 is 0 Å². The number of anilines is 1. The SMILES string of the molecule is COc1ccc(CCNC(=O)Nc2cc(C(C)(C)C)nn2C2NC(=O)CC(C)N2)cc1. The maximum atomic E-state index is 12.5. The molecule has 4 N–H and O–H groups in total. The van der Waals surface area contributed by atoms with Crippen LogP contribution in [-0.4, -0.2) is 41.4 Å². The van der Waals surface area contributed by atoms with Gasteiger partial charge in [-0.2, -0.15) is 5.10 Å². The van der Waals surface area contributed by atoms with Gasteiger partial charge in [0, 0.05) is 30.5 Å². The zero-order valence-corrected chi connectivity index (χ0v) is 18.8. The van der Waals surface area contributed by atoms with Gasteiger partial charge in [-0.25, -0.2) is 9.48 Å². The predicted molar refractivity (Wildman–Crippen MR) is 119 cm³/mol. The molecule has 0 bridgehead atoms. The standard InChI is InChI=1S/C22H32N6O3/c1-14-12-19(29)26-20(24-14)28-18(13-17(27-28)22(2,3)4)25-21(30)23-11-10-15-6-8-16(31-5)9-7-15/h6-9,13-14,20,24H,10-12H2,1-5H3,(H,26,29)(H2,23,25,30). The third-order valence-corrected chi connectivity index (χ3v) is 5.08. The van der Waals surface area contributed by atoms with Crippen LogP contribution in [0.15, 0.2) is 30.3 Å². The number of carbonyl (C=O) groups excluding carboxylic acids is 2. The molecule has 0 aliphatic carbocycles. The second-order valence-electron chi connectivity index (χ2n) is 8.83. The van der Waals surface area contributed by atoms with Gasteiger partial charge in [0.25, 0.3) is 0 Å². The van der Waals surface area contributed by atoms with E-state index in [1.807, 2.05) is 58.0 Å². The van der Waals surface area contributed by atoms with Gasteiger partial charge in [-0.15, -0.1) is 0 Å². The number of hydrogen-bond donors (Lipinski definition) is 4. The quantitative estimate of drug-likeness (QED) is 0.565. The molecule has 0 radical (unpaired) electrons. The monoisotopic (exact) mass is 428 g/mol. The van der Waals surface area contributed by atoms with E-state index in [0.29, 0.717) is 25.2 Å². The average Bonchev–Trinajstić information content (AvgIpc) is 3.12. The molecule has 2 atom stereocenters. The topological polar surface area (TPSA) is 109 Å². The van der Waals surface area contributed by atoms with Crippen LogP contribution in [0.4, 0.5) is 10.6 Å². The number of urea groups is 1. The molecule has 1 saturated heterocycles. The van der Waals surface area contributed by atoms with Crippen LogP contribution in [0.2, 0.25) is 0 Å². The molecule has 3 amide bonds. The molecule has 0 spiro atoms. The van der Waals surface area contributed by atoms with Crippen molar-refractivity contribution in [3.8, 4) is 5.75 Å². The molecule has 1 fully saturated rings. The third kappa shape index (κ3) is 5.97. The molecule has 9 heteroatoms. The number of benzene rings is 1. The molecule has 2 aromatic rings. The Balaban J connectivity index is 1.66. The Bertz CT molecular complexity index is 916. The maximum absolute atomic E-state index is 12.5. The van der Waals surface area contributed by atoms with Crippen LogP contribution in [0, 0.1) is 0 Å². The highest BCUT2D eigenvalue weighted by Crippen LogP contribution is 2.26. The van der Waals surface area contributed by atoms with Crippen molar-refractivity contribution in [1.82, 2.24) is 25.7 Å². The number of rotatable bonds is 6. The van der Waals surface area contributed by atoms with Gasteiger partial charge in [-0.05, 0) is 31.0 Å². The minimum Gasteiger partial charge on any atom is -0.497 e. The van der Waals surface area contributed by atoms with Gasteiger partial charge in [0.2, 0.25) is 5.91 Å². The molecule has 1 aromatic carbocycles. The molecule has 1 aliphatic rings. The van der Waals surface area contributed by atoms with E-state index in [1.54, 1.807) is 11.8 Å². The fourth-order valence-corrected chi connectivity index (χ4v) is 3.32. The van der Waals surface area contributed by atoms with Gasteiger partial charge in [0.1, 0.15) is 11.6 Å². The Labute approximate surface area is 182 Å². The first-order chi connectivity index (χ1) is 14.7. The summed E-state index contributed by atoms with van der Waals surface area (Å²) in [5.74, 6) is 1.26. The van der Waals surface area contributed by atoms with E-state index in [0.717, 1.165) is 17.0 Å². The Morgan fingerprint density at radius 1 is 1.29 bits per heavy atom. The molecule has 9 nitrogen and oxygen atoms in total.